The zero-order chi connectivity index (χ0) is 82.2. The molecule has 8 aromatic heterocycles. The molecule has 0 atom stereocenters. The summed E-state index contributed by atoms with van der Waals surface area (Å²) in [4.78, 5) is 38.7. The van der Waals surface area contributed by atoms with E-state index in [0.29, 0.717) is 27.1 Å². The Kier molecular flexibility index (Phi) is 56.1. The van der Waals surface area contributed by atoms with Gasteiger partial charge < -0.3 is 0 Å². The molecule has 9 nitrogen and oxygen atoms in total. The lowest BCUT2D eigenvalue weighted by Crippen LogP contribution is -2.25. The van der Waals surface area contributed by atoms with Crippen LogP contribution in [-0.2, 0) is 43.3 Å². The molecule has 0 aromatic carbocycles. The van der Waals surface area contributed by atoms with Gasteiger partial charge >= 0.3 is 0 Å². The van der Waals surface area contributed by atoms with Crippen molar-refractivity contribution >= 4 is 22.7 Å². The Morgan fingerprint density at radius 2 is 0.723 bits per heavy atom. The van der Waals surface area contributed by atoms with E-state index in [1.807, 2.05) is 106 Å². The van der Waals surface area contributed by atoms with Gasteiger partial charge in [-0.15, -0.1) is 22.7 Å². The fraction of sp³-hybridized carbons (Fsp3) is 0.653. The van der Waals surface area contributed by atoms with Gasteiger partial charge in [0.15, 0.2) is 0 Å². The first-order valence-corrected chi connectivity index (χ1v) is 40.9. The lowest BCUT2D eigenvalue weighted by molar-refractivity contribution is 0.157. The normalized spacial score (nSPS) is 12.9. The Labute approximate surface area is 705 Å². The maximum Gasteiger partial charge on any atom is 0.125 e. The van der Waals surface area contributed by atoms with Gasteiger partial charge in [0.2, 0.25) is 0 Å². The molecule has 2 aliphatic rings. The van der Waals surface area contributed by atoms with Gasteiger partial charge in [0, 0.05) is 99.4 Å². The minimum Gasteiger partial charge on any atom is -0.265 e. The van der Waals surface area contributed by atoms with Gasteiger partial charge in [-0.25, -0.2) is 24.9 Å². The maximum absolute atomic E-state index is 4.44. The van der Waals surface area contributed by atoms with E-state index in [-0.39, 0.29) is 82.5 Å². The molecule has 0 aliphatic heterocycles. The van der Waals surface area contributed by atoms with Gasteiger partial charge in [0.05, 0.1) is 10.7 Å². The van der Waals surface area contributed by atoms with Crippen LogP contribution >= 0.6 is 22.7 Å². The monoisotopic (exact) mass is 1580 g/mol. The van der Waals surface area contributed by atoms with Crippen molar-refractivity contribution in [3.05, 3.63) is 206 Å². The summed E-state index contributed by atoms with van der Waals surface area (Å²) in [6.07, 6.45) is 28.6. The van der Waals surface area contributed by atoms with Crippen LogP contribution in [0.1, 0.15) is 399 Å². The molecule has 0 radical (unpaired) electrons. The fourth-order valence-corrected chi connectivity index (χ4v) is 10.9. The number of nitrogens with zero attached hydrogens (tertiary/aromatic N) is 9. The molecule has 2 aliphatic carbocycles. The van der Waals surface area contributed by atoms with Crippen molar-refractivity contribution in [3.8, 4) is 0 Å². The first-order valence-electron chi connectivity index (χ1n) is 39.2. The second-order valence-corrected chi connectivity index (χ2v) is 43.1. The summed E-state index contributed by atoms with van der Waals surface area (Å²) >= 11 is 3.55. The molecule has 10 rings (SSSR count). The SMILES string of the molecule is C.C.C.C.C.C.CC(C)(C)C(C)(C)C.CC(C)(C)C1CC1.CC(C)(C)C1CCCCC1.CC(C)(C)c1ccccn1.CC(C)(C)c1cccnc1.CC(C)(C)c1cccs1.CC(C)(C)c1ccncc1.CC(C)(C)c1cncnc1.Cc1cccc(C(C)(C)C)n1.Cc1nc(C(C)(C)C)cs1.Cc1ncc(C(C)(C)C)cn1. The molecule has 0 unspecified atom stereocenters. The summed E-state index contributed by atoms with van der Waals surface area (Å²) in [5.74, 6) is 2.88. The first-order chi connectivity index (χ1) is 48.0. The van der Waals surface area contributed by atoms with Crippen LogP contribution in [0.15, 0.2) is 146 Å². The molecular weight excluding hydrogens is 1400 g/mol. The Balaban J connectivity index is -0.000000216. The zero-order valence-electron chi connectivity index (χ0n) is 75.3. The molecule has 112 heavy (non-hydrogen) atoms. The fourth-order valence-electron chi connectivity index (χ4n) is 9.22. The molecule has 0 bridgehead atoms. The highest BCUT2D eigenvalue weighted by atomic mass is 32.1. The minimum atomic E-state index is 0. The van der Waals surface area contributed by atoms with Crippen LogP contribution in [-0.4, -0.2) is 44.9 Å². The lowest BCUT2D eigenvalue weighted by Gasteiger charge is -2.34. The van der Waals surface area contributed by atoms with Crippen LogP contribution in [0, 0.1) is 54.3 Å². The second kappa shape index (κ2) is 52.6. The first kappa shape index (κ1) is 119. The number of pyridine rings is 4. The molecule has 2 fully saturated rings. The highest BCUT2D eigenvalue weighted by molar-refractivity contribution is 7.10. The van der Waals surface area contributed by atoms with Crippen molar-refractivity contribution in [3.63, 3.8) is 0 Å². The number of rotatable bonds is 0. The molecule has 642 valence electrons. The van der Waals surface area contributed by atoms with E-state index in [2.05, 4.69) is 353 Å². The maximum atomic E-state index is 4.44. The minimum absolute atomic E-state index is 0. The average Bonchev–Trinajstić information content (AvgIpc) is 1.79. The van der Waals surface area contributed by atoms with Gasteiger partial charge in [0.1, 0.15) is 12.2 Å². The van der Waals surface area contributed by atoms with Gasteiger partial charge in [-0.2, -0.15) is 0 Å². The standard InChI is InChI=1S/C10H15N.C10H20.C9H14N2.3C9H13N.C8H12N2.C8H13NS.C8H12S.C8H18.C7H14.6CH4/c1-8-6-5-7-9(11-8)10(2,3)4;1-10(2,3)9-7-5-4-6-8-9;1-7-10-5-8(6-11-7)9(2,3)4;1-9(2,3)8-4-6-10-7-5-8;1-9(2,3)8-5-4-6-10-7-8;1-9(2,3)8-6-4-5-7-10-8;1-8(2,3)7-4-9-6-10-5-7;1-6-9-7(5-10-6)8(2,3)4;1-8(2,3)7-5-4-6-9-7;1-7(2,3)8(4,5)6;1-7(2,3)6-4-5-6;;;;;;/h5-7H,1-4H3;9H,4-8H2,1-3H3;5-6H,1-4H3;3*4-7H,1-3H3;4-6H,1-3H3;5H,1-4H3;4-6H,1-3H3;1-6H3;6H,4-5H2,1-3H3;6*1H4. The van der Waals surface area contributed by atoms with Gasteiger partial charge in [-0.05, 0) is 183 Å². The van der Waals surface area contributed by atoms with E-state index in [4.69, 9.17) is 0 Å². The Morgan fingerprint density at radius 3 is 0.964 bits per heavy atom. The van der Waals surface area contributed by atoms with Crippen LogP contribution < -0.4 is 0 Å². The van der Waals surface area contributed by atoms with Gasteiger partial charge in [-0.3, -0.25) is 19.9 Å². The second-order valence-electron chi connectivity index (χ2n) is 41.1. The van der Waals surface area contributed by atoms with E-state index in [1.165, 1.54) is 77.8 Å². The quantitative estimate of drug-likeness (QED) is 0.146. The summed E-state index contributed by atoms with van der Waals surface area (Å²) < 4.78 is 0. The predicted octanol–water partition coefficient (Wildman–Crippen LogP) is 32.4. The van der Waals surface area contributed by atoms with Crippen LogP contribution in [0.4, 0.5) is 0 Å². The zero-order valence-corrected chi connectivity index (χ0v) is 76.9. The average molecular weight is 1590 g/mol. The number of hydrogen-bond donors (Lipinski definition) is 0. The molecule has 11 heteroatoms. The van der Waals surface area contributed by atoms with Gasteiger partial charge in [0.25, 0.3) is 0 Å². The molecule has 0 N–H and O–H groups in total. The van der Waals surface area contributed by atoms with E-state index in [1.54, 1.807) is 23.9 Å². The summed E-state index contributed by atoms with van der Waals surface area (Å²) in [6.45, 7) is 86.0. The van der Waals surface area contributed by atoms with Crippen molar-refractivity contribution in [2.45, 2.75) is 403 Å². The molecule has 8 heterocycles. The largest absolute Gasteiger partial charge is 0.265 e. The number of thiophene rings is 1. The van der Waals surface area contributed by atoms with Crippen LogP contribution in [0.25, 0.3) is 0 Å². The number of hydrogen-bond acceptors (Lipinski definition) is 11. The molecule has 0 spiro atoms. The number of aromatic nitrogens is 9. The van der Waals surface area contributed by atoms with E-state index >= 15 is 0 Å². The smallest absolute Gasteiger partial charge is 0.125 e. The van der Waals surface area contributed by atoms with Crippen molar-refractivity contribution in [1.82, 2.24) is 44.9 Å². The van der Waals surface area contributed by atoms with E-state index in [9.17, 15) is 0 Å². The molecular formula is C101H181N9S2. The number of aryl methyl sites for hydroxylation is 3. The third kappa shape index (κ3) is 54.8. The van der Waals surface area contributed by atoms with Crippen LogP contribution in [0.3, 0.4) is 0 Å². The van der Waals surface area contributed by atoms with Crippen molar-refractivity contribution in [1.29, 1.82) is 0 Å². The van der Waals surface area contributed by atoms with E-state index in [0.717, 1.165) is 39.7 Å². The Hall–Kier alpha value is -5.91. The summed E-state index contributed by atoms with van der Waals surface area (Å²) in [6, 6.07) is 24.7. The summed E-state index contributed by atoms with van der Waals surface area (Å²) in [5, 5.41) is 5.42. The highest BCUT2D eigenvalue weighted by Crippen LogP contribution is 2.44. The van der Waals surface area contributed by atoms with Crippen molar-refractivity contribution < 1.29 is 0 Å². The Bertz CT molecular complexity index is 3290. The summed E-state index contributed by atoms with van der Waals surface area (Å²) in [5.41, 5.74) is 13.4. The highest BCUT2D eigenvalue weighted by Gasteiger charge is 2.33. The Morgan fingerprint density at radius 1 is 0.304 bits per heavy atom. The van der Waals surface area contributed by atoms with Crippen LogP contribution in [0.2, 0.25) is 0 Å². The third-order valence-corrected chi connectivity index (χ3v) is 20.8. The molecule has 0 amide bonds. The van der Waals surface area contributed by atoms with E-state index < -0.39 is 0 Å². The molecule has 8 aromatic rings. The van der Waals surface area contributed by atoms with Crippen molar-refractivity contribution in [2.75, 3.05) is 0 Å². The lowest BCUT2D eigenvalue weighted by atomic mass is 9.71. The van der Waals surface area contributed by atoms with Gasteiger partial charge in [-0.1, -0.05) is 337 Å². The summed E-state index contributed by atoms with van der Waals surface area (Å²) in [7, 11) is 0. The predicted molar refractivity (Wildman–Crippen MR) is 509 cm³/mol. The van der Waals surface area contributed by atoms with Crippen LogP contribution in [0.5, 0.6) is 0 Å². The number of thiazole rings is 1. The topological polar surface area (TPSA) is 116 Å². The third-order valence-electron chi connectivity index (χ3n) is 18.8. The van der Waals surface area contributed by atoms with Crippen molar-refractivity contribution in [2.24, 2.45) is 33.5 Å². The molecule has 2 saturated carbocycles. The molecule has 0 saturated heterocycles.